The lowest BCUT2D eigenvalue weighted by atomic mass is 10.2. The molecule has 0 aliphatic rings. The molecular formula is C11H15NO3S. The van der Waals surface area contributed by atoms with Crippen molar-refractivity contribution < 1.29 is 13.2 Å². The fraction of sp³-hybridized carbons (Fsp3) is 0.364. The van der Waals surface area contributed by atoms with Crippen molar-refractivity contribution >= 4 is 21.4 Å². The van der Waals surface area contributed by atoms with Crippen LogP contribution in [-0.4, -0.2) is 20.6 Å². The smallest absolute Gasteiger partial charge is 0.224 e. The lowest BCUT2D eigenvalue weighted by Gasteiger charge is -2.08. The SMILES string of the molecule is CCC(=O)Nc1ccc(S(C)(=O)=O)cc1C. The lowest BCUT2D eigenvalue weighted by Crippen LogP contribution is -2.10. The molecule has 4 nitrogen and oxygen atoms in total. The van der Waals surface area contributed by atoms with Crippen LogP contribution in [0.3, 0.4) is 0 Å². The zero-order valence-electron chi connectivity index (χ0n) is 9.57. The van der Waals surface area contributed by atoms with Crippen molar-refractivity contribution in [1.82, 2.24) is 0 Å². The number of anilines is 1. The van der Waals surface area contributed by atoms with Gasteiger partial charge in [0.1, 0.15) is 0 Å². The Labute approximate surface area is 95.6 Å². The molecule has 1 aromatic carbocycles. The van der Waals surface area contributed by atoms with Crippen molar-refractivity contribution in [1.29, 1.82) is 0 Å². The summed E-state index contributed by atoms with van der Waals surface area (Å²) in [4.78, 5) is 11.4. The van der Waals surface area contributed by atoms with Gasteiger partial charge in [0.05, 0.1) is 4.90 Å². The number of hydrogen-bond donors (Lipinski definition) is 1. The maximum absolute atomic E-state index is 11.3. The largest absolute Gasteiger partial charge is 0.326 e. The third kappa shape index (κ3) is 3.06. The molecule has 0 saturated heterocycles. The molecule has 0 aliphatic carbocycles. The molecular weight excluding hydrogens is 226 g/mol. The van der Waals surface area contributed by atoms with Crippen LogP contribution in [0.2, 0.25) is 0 Å². The van der Waals surface area contributed by atoms with E-state index < -0.39 is 9.84 Å². The highest BCUT2D eigenvalue weighted by Crippen LogP contribution is 2.19. The highest BCUT2D eigenvalue weighted by Gasteiger charge is 2.09. The van der Waals surface area contributed by atoms with Crippen LogP contribution in [0, 0.1) is 6.92 Å². The van der Waals surface area contributed by atoms with Crippen LogP contribution in [0.15, 0.2) is 23.1 Å². The Morgan fingerprint density at radius 1 is 1.38 bits per heavy atom. The summed E-state index contributed by atoms with van der Waals surface area (Å²) in [6.45, 7) is 3.52. The Kier molecular flexibility index (Phi) is 3.70. The van der Waals surface area contributed by atoms with Gasteiger partial charge in [-0.25, -0.2) is 8.42 Å². The standard InChI is InChI=1S/C11H15NO3S/c1-4-11(13)12-10-6-5-9(7-8(10)2)16(3,14)15/h5-7H,4H2,1-3H3,(H,12,13). The van der Waals surface area contributed by atoms with Crippen LogP contribution in [0.25, 0.3) is 0 Å². The second-order valence-electron chi connectivity index (χ2n) is 3.65. The van der Waals surface area contributed by atoms with Crippen LogP contribution >= 0.6 is 0 Å². The molecule has 0 saturated carbocycles. The summed E-state index contributed by atoms with van der Waals surface area (Å²) >= 11 is 0. The number of aryl methyl sites for hydroxylation is 1. The quantitative estimate of drug-likeness (QED) is 0.876. The van der Waals surface area contributed by atoms with Gasteiger partial charge in [-0.05, 0) is 30.7 Å². The average Bonchev–Trinajstić information content (AvgIpc) is 2.19. The van der Waals surface area contributed by atoms with E-state index >= 15 is 0 Å². The predicted molar refractivity (Wildman–Crippen MR) is 63.2 cm³/mol. The molecule has 1 amide bonds. The van der Waals surface area contributed by atoms with Gasteiger partial charge in [-0.2, -0.15) is 0 Å². The number of hydrogen-bond acceptors (Lipinski definition) is 3. The molecule has 0 spiro atoms. The molecule has 1 aromatic rings. The first kappa shape index (κ1) is 12.7. The molecule has 1 rings (SSSR count). The van der Waals surface area contributed by atoms with Crippen molar-refractivity contribution in [3.05, 3.63) is 23.8 Å². The van der Waals surface area contributed by atoms with E-state index in [4.69, 9.17) is 0 Å². The van der Waals surface area contributed by atoms with E-state index in [1.807, 2.05) is 0 Å². The number of benzene rings is 1. The van der Waals surface area contributed by atoms with Crippen LogP contribution in [0.5, 0.6) is 0 Å². The first-order valence-electron chi connectivity index (χ1n) is 4.95. The Morgan fingerprint density at radius 2 is 2.00 bits per heavy atom. The predicted octanol–water partition coefficient (Wildman–Crippen LogP) is 1.75. The van der Waals surface area contributed by atoms with E-state index in [1.165, 1.54) is 6.07 Å². The first-order chi connectivity index (χ1) is 7.34. The van der Waals surface area contributed by atoms with Gasteiger partial charge < -0.3 is 5.32 Å². The van der Waals surface area contributed by atoms with E-state index in [-0.39, 0.29) is 10.8 Å². The van der Waals surface area contributed by atoms with Gasteiger partial charge >= 0.3 is 0 Å². The van der Waals surface area contributed by atoms with E-state index in [2.05, 4.69) is 5.32 Å². The number of carbonyl (C=O) groups excluding carboxylic acids is 1. The van der Waals surface area contributed by atoms with E-state index in [0.717, 1.165) is 11.8 Å². The number of sulfone groups is 1. The number of rotatable bonds is 3. The Hall–Kier alpha value is -1.36. The summed E-state index contributed by atoms with van der Waals surface area (Å²) in [5, 5.41) is 2.70. The summed E-state index contributed by atoms with van der Waals surface area (Å²) in [6, 6.07) is 4.66. The van der Waals surface area contributed by atoms with Crippen molar-refractivity contribution in [3.63, 3.8) is 0 Å². The summed E-state index contributed by atoms with van der Waals surface area (Å²) in [6.07, 6.45) is 1.55. The second kappa shape index (κ2) is 4.65. The van der Waals surface area contributed by atoms with Crippen molar-refractivity contribution in [2.75, 3.05) is 11.6 Å². The molecule has 0 atom stereocenters. The van der Waals surface area contributed by atoms with Gasteiger partial charge in [0, 0.05) is 18.4 Å². The molecule has 1 N–H and O–H groups in total. The minimum Gasteiger partial charge on any atom is -0.326 e. The third-order valence-electron chi connectivity index (χ3n) is 2.22. The summed E-state index contributed by atoms with van der Waals surface area (Å²) in [5.74, 6) is -0.0878. The molecule has 16 heavy (non-hydrogen) atoms. The Bertz CT molecular complexity index is 506. The topological polar surface area (TPSA) is 63.2 Å². The summed E-state index contributed by atoms with van der Waals surface area (Å²) in [5.41, 5.74) is 1.39. The van der Waals surface area contributed by atoms with Crippen LogP contribution < -0.4 is 5.32 Å². The zero-order valence-corrected chi connectivity index (χ0v) is 10.4. The molecule has 0 fully saturated rings. The van der Waals surface area contributed by atoms with Gasteiger partial charge in [-0.15, -0.1) is 0 Å². The Morgan fingerprint density at radius 3 is 2.44 bits per heavy atom. The van der Waals surface area contributed by atoms with Crippen molar-refractivity contribution in [2.45, 2.75) is 25.2 Å². The molecule has 0 unspecified atom stereocenters. The minimum absolute atomic E-state index is 0.0878. The van der Waals surface area contributed by atoms with Crippen LogP contribution in [-0.2, 0) is 14.6 Å². The molecule has 0 heterocycles. The fourth-order valence-corrected chi connectivity index (χ4v) is 1.95. The first-order valence-corrected chi connectivity index (χ1v) is 6.84. The summed E-state index contributed by atoms with van der Waals surface area (Å²) < 4.78 is 22.6. The normalized spacial score (nSPS) is 11.2. The second-order valence-corrected chi connectivity index (χ2v) is 5.67. The van der Waals surface area contributed by atoms with Gasteiger partial charge in [0.2, 0.25) is 5.91 Å². The molecule has 0 aromatic heterocycles. The van der Waals surface area contributed by atoms with Crippen LogP contribution in [0.4, 0.5) is 5.69 Å². The van der Waals surface area contributed by atoms with Crippen molar-refractivity contribution in [2.24, 2.45) is 0 Å². The maximum Gasteiger partial charge on any atom is 0.224 e. The number of carbonyl (C=O) groups is 1. The fourth-order valence-electron chi connectivity index (χ4n) is 1.25. The monoisotopic (exact) mass is 241 g/mol. The van der Waals surface area contributed by atoms with Gasteiger partial charge in [-0.1, -0.05) is 6.92 Å². The number of nitrogens with one attached hydrogen (secondary N) is 1. The molecule has 0 aliphatic heterocycles. The lowest BCUT2D eigenvalue weighted by molar-refractivity contribution is -0.115. The average molecular weight is 241 g/mol. The highest BCUT2D eigenvalue weighted by molar-refractivity contribution is 7.90. The van der Waals surface area contributed by atoms with Crippen LogP contribution in [0.1, 0.15) is 18.9 Å². The maximum atomic E-state index is 11.3. The van der Waals surface area contributed by atoms with E-state index in [1.54, 1.807) is 26.0 Å². The summed E-state index contributed by atoms with van der Waals surface area (Å²) in [7, 11) is -3.19. The van der Waals surface area contributed by atoms with Gasteiger partial charge in [0.15, 0.2) is 9.84 Å². The van der Waals surface area contributed by atoms with Gasteiger partial charge in [0.25, 0.3) is 0 Å². The molecule has 5 heteroatoms. The van der Waals surface area contributed by atoms with Gasteiger partial charge in [-0.3, -0.25) is 4.79 Å². The minimum atomic E-state index is -3.19. The number of amides is 1. The molecule has 0 bridgehead atoms. The zero-order chi connectivity index (χ0) is 12.3. The van der Waals surface area contributed by atoms with Crippen molar-refractivity contribution in [3.8, 4) is 0 Å². The molecule has 88 valence electrons. The van der Waals surface area contributed by atoms with E-state index in [0.29, 0.717) is 12.1 Å². The molecule has 0 radical (unpaired) electrons. The Balaban J connectivity index is 3.06. The van der Waals surface area contributed by atoms with E-state index in [9.17, 15) is 13.2 Å². The highest BCUT2D eigenvalue weighted by atomic mass is 32.2. The third-order valence-corrected chi connectivity index (χ3v) is 3.33.